The summed E-state index contributed by atoms with van der Waals surface area (Å²) >= 11 is 0. The second-order valence-corrected chi connectivity index (χ2v) is 5.60. The molecule has 1 aromatic heterocycles. The van der Waals surface area contributed by atoms with Gasteiger partial charge in [-0.25, -0.2) is 4.98 Å². The molecule has 0 spiro atoms. The number of amides is 2. The fourth-order valence-electron chi connectivity index (χ4n) is 2.27. The molecule has 8 nitrogen and oxygen atoms in total. The normalized spacial score (nSPS) is 9.82. The number of carbonyl (C=O) groups excluding carboxylic acids is 2. The number of aromatic nitrogens is 2. The lowest BCUT2D eigenvalue weighted by Crippen LogP contribution is -2.44. The van der Waals surface area contributed by atoms with E-state index in [2.05, 4.69) is 26.9 Å². The predicted molar refractivity (Wildman–Crippen MR) is 99.7 cm³/mol. The molecule has 2 N–H and O–H groups in total. The van der Waals surface area contributed by atoms with Crippen molar-refractivity contribution in [2.24, 2.45) is 0 Å². The van der Waals surface area contributed by atoms with Gasteiger partial charge in [0.25, 0.3) is 11.8 Å². The largest absolute Gasteiger partial charge is 0.484 e. The van der Waals surface area contributed by atoms with Crippen LogP contribution in [0.1, 0.15) is 16.1 Å². The fourth-order valence-corrected chi connectivity index (χ4v) is 2.27. The summed E-state index contributed by atoms with van der Waals surface area (Å²) in [5, 5.41) is 8.84. The molecule has 0 saturated carbocycles. The number of nitrogens with zero attached hydrogens (tertiary/aromatic N) is 3. The molecule has 1 heterocycles. The molecule has 0 unspecified atom stereocenters. The maximum Gasteiger partial charge on any atom is 0.289 e. The Bertz CT molecular complexity index is 997. The Morgan fingerprint density at radius 3 is 2.25 bits per heavy atom. The average Bonchev–Trinajstić information content (AvgIpc) is 2.77. The number of rotatable bonds is 5. The molecule has 0 aliphatic rings. The monoisotopic (exact) mass is 373 g/mol. The number of carbonyl (C=O) groups is 2. The zero-order chi connectivity index (χ0) is 19.8. The first kappa shape index (κ1) is 18.5. The zero-order valence-corrected chi connectivity index (χ0v) is 14.6. The van der Waals surface area contributed by atoms with Gasteiger partial charge in [-0.15, -0.1) is 0 Å². The molecular weight excluding hydrogens is 358 g/mol. The third kappa shape index (κ3) is 4.89. The Kier molecular flexibility index (Phi) is 5.90. The Labute approximate surface area is 160 Å². The highest BCUT2D eigenvalue weighted by atomic mass is 16.5. The first-order valence-corrected chi connectivity index (χ1v) is 8.24. The zero-order valence-electron chi connectivity index (χ0n) is 14.6. The summed E-state index contributed by atoms with van der Waals surface area (Å²) in [5.74, 6) is -0.588. The van der Waals surface area contributed by atoms with Crippen molar-refractivity contribution in [1.82, 2.24) is 20.8 Å². The van der Waals surface area contributed by atoms with Gasteiger partial charge in [0.2, 0.25) is 0 Å². The van der Waals surface area contributed by atoms with Crippen molar-refractivity contribution in [3.63, 3.8) is 0 Å². The molecule has 2 amide bonds. The molecule has 0 saturated heterocycles. The molecular formula is C20H15N5O3. The highest BCUT2D eigenvalue weighted by molar-refractivity contribution is 5.93. The number of nitriles is 1. The van der Waals surface area contributed by atoms with Crippen LogP contribution in [0.25, 0.3) is 11.1 Å². The molecule has 3 aromatic rings. The maximum atomic E-state index is 11.8. The summed E-state index contributed by atoms with van der Waals surface area (Å²) < 4.78 is 5.40. The van der Waals surface area contributed by atoms with Gasteiger partial charge in [-0.3, -0.25) is 25.4 Å². The van der Waals surface area contributed by atoms with Crippen LogP contribution in [-0.4, -0.2) is 28.4 Å². The van der Waals surface area contributed by atoms with E-state index in [-0.39, 0.29) is 12.3 Å². The Morgan fingerprint density at radius 1 is 0.964 bits per heavy atom. The van der Waals surface area contributed by atoms with Crippen LogP contribution in [0, 0.1) is 11.3 Å². The maximum absolute atomic E-state index is 11.8. The molecule has 3 rings (SSSR count). The summed E-state index contributed by atoms with van der Waals surface area (Å²) in [6.07, 6.45) is 4.10. The highest BCUT2D eigenvalue weighted by Crippen LogP contribution is 2.22. The lowest BCUT2D eigenvalue weighted by Gasteiger charge is -2.09. The summed E-state index contributed by atoms with van der Waals surface area (Å²) in [6, 6.07) is 16.5. The molecule has 0 fully saturated rings. The smallest absolute Gasteiger partial charge is 0.289 e. The Hall–Kier alpha value is -4.25. The van der Waals surface area contributed by atoms with Crippen molar-refractivity contribution in [3.8, 4) is 22.9 Å². The number of hydrazine groups is 1. The molecule has 2 aromatic carbocycles. The van der Waals surface area contributed by atoms with E-state index in [9.17, 15) is 9.59 Å². The van der Waals surface area contributed by atoms with Crippen molar-refractivity contribution < 1.29 is 14.3 Å². The van der Waals surface area contributed by atoms with Crippen LogP contribution < -0.4 is 15.6 Å². The minimum atomic E-state index is -0.576. The van der Waals surface area contributed by atoms with Gasteiger partial charge in [-0.05, 0) is 35.4 Å². The van der Waals surface area contributed by atoms with E-state index in [1.807, 2.05) is 24.3 Å². The molecule has 8 heteroatoms. The fraction of sp³-hybridized carbons (Fsp3) is 0.0500. The SMILES string of the molecule is N#Cc1ccc(-c2ccc(OCC(=O)NNC(=O)c3cnccn3)cc2)cc1. The lowest BCUT2D eigenvalue weighted by molar-refractivity contribution is -0.123. The van der Waals surface area contributed by atoms with Gasteiger partial charge in [0.05, 0.1) is 17.8 Å². The van der Waals surface area contributed by atoms with Gasteiger partial charge >= 0.3 is 0 Å². The van der Waals surface area contributed by atoms with Crippen molar-refractivity contribution >= 4 is 11.8 Å². The quantitative estimate of drug-likeness (QED) is 0.659. The minimum absolute atomic E-state index is 0.0853. The third-order valence-electron chi connectivity index (χ3n) is 3.68. The molecule has 0 aliphatic heterocycles. The molecule has 28 heavy (non-hydrogen) atoms. The van der Waals surface area contributed by atoms with Gasteiger partial charge in [-0.1, -0.05) is 24.3 Å². The van der Waals surface area contributed by atoms with Crippen LogP contribution >= 0.6 is 0 Å². The van der Waals surface area contributed by atoms with Crippen LogP contribution in [0.3, 0.4) is 0 Å². The second kappa shape index (κ2) is 8.91. The van der Waals surface area contributed by atoms with Crippen LogP contribution in [0.4, 0.5) is 0 Å². The number of hydrogen-bond acceptors (Lipinski definition) is 6. The van der Waals surface area contributed by atoms with Crippen molar-refractivity contribution in [2.75, 3.05) is 6.61 Å². The summed E-state index contributed by atoms with van der Waals surface area (Å²) in [5.41, 5.74) is 7.08. The third-order valence-corrected chi connectivity index (χ3v) is 3.68. The Balaban J connectivity index is 1.48. The standard InChI is InChI=1S/C20H15N5O3/c21-11-14-1-3-15(4-2-14)16-5-7-17(8-6-16)28-13-19(26)24-25-20(27)18-12-22-9-10-23-18/h1-10,12H,13H2,(H,24,26)(H,25,27). The topological polar surface area (TPSA) is 117 Å². The summed E-state index contributed by atoms with van der Waals surface area (Å²) in [7, 11) is 0. The van der Waals surface area contributed by atoms with E-state index < -0.39 is 11.8 Å². The summed E-state index contributed by atoms with van der Waals surface area (Å²) in [4.78, 5) is 31.1. The van der Waals surface area contributed by atoms with Gasteiger partial charge in [0.1, 0.15) is 11.4 Å². The molecule has 138 valence electrons. The molecule has 0 aliphatic carbocycles. The van der Waals surface area contributed by atoms with Crippen LogP contribution in [0.15, 0.2) is 67.1 Å². The van der Waals surface area contributed by atoms with Crippen LogP contribution in [0.5, 0.6) is 5.75 Å². The van der Waals surface area contributed by atoms with E-state index in [1.54, 1.807) is 24.3 Å². The highest BCUT2D eigenvalue weighted by Gasteiger charge is 2.09. The number of ether oxygens (including phenoxy) is 1. The van der Waals surface area contributed by atoms with Gasteiger partial charge in [0, 0.05) is 12.4 Å². The van der Waals surface area contributed by atoms with E-state index in [1.165, 1.54) is 18.6 Å². The van der Waals surface area contributed by atoms with Gasteiger partial charge in [0.15, 0.2) is 6.61 Å². The lowest BCUT2D eigenvalue weighted by atomic mass is 10.0. The van der Waals surface area contributed by atoms with E-state index in [4.69, 9.17) is 10.00 Å². The van der Waals surface area contributed by atoms with Crippen LogP contribution in [0.2, 0.25) is 0 Å². The molecule has 0 radical (unpaired) electrons. The predicted octanol–water partition coefficient (Wildman–Crippen LogP) is 1.86. The van der Waals surface area contributed by atoms with Crippen molar-refractivity contribution in [3.05, 3.63) is 78.4 Å². The van der Waals surface area contributed by atoms with Crippen molar-refractivity contribution in [2.45, 2.75) is 0 Å². The molecule has 0 atom stereocenters. The van der Waals surface area contributed by atoms with E-state index in [0.717, 1.165) is 11.1 Å². The minimum Gasteiger partial charge on any atom is -0.484 e. The number of hydrogen-bond donors (Lipinski definition) is 2. The van der Waals surface area contributed by atoms with Crippen molar-refractivity contribution in [1.29, 1.82) is 5.26 Å². The van der Waals surface area contributed by atoms with Gasteiger partial charge < -0.3 is 4.74 Å². The van der Waals surface area contributed by atoms with Gasteiger partial charge in [-0.2, -0.15) is 5.26 Å². The first-order valence-electron chi connectivity index (χ1n) is 8.24. The van der Waals surface area contributed by atoms with Crippen LogP contribution in [-0.2, 0) is 4.79 Å². The van der Waals surface area contributed by atoms with E-state index in [0.29, 0.717) is 11.3 Å². The number of nitrogens with one attached hydrogen (secondary N) is 2. The Morgan fingerprint density at radius 2 is 1.64 bits per heavy atom. The summed E-state index contributed by atoms with van der Waals surface area (Å²) in [6.45, 7) is -0.267. The van der Waals surface area contributed by atoms with E-state index >= 15 is 0 Å². The second-order valence-electron chi connectivity index (χ2n) is 5.60. The molecule has 0 bridgehead atoms. The first-order chi connectivity index (χ1) is 13.7. The average molecular weight is 373 g/mol. The number of benzene rings is 2.